The van der Waals surface area contributed by atoms with E-state index in [-0.39, 0.29) is 5.41 Å². The van der Waals surface area contributed by atoms with Gasteiger partial charge in [0.1, 0.15) is 12.1 Å². The van der Waals surface area contributed by atoms with Crippen LogP contribution in [0.2, 0.25) is 0 Å². The summed E-state index contributed by atoms with van der Waals surface area (Å²) in [4.78, 5) is 13.7. The summed E-state index contributed by atoms with van der Waals surface area (Å²) in [5.41, 5.74) is 3.36. The van der Waals surface area contributed by atoms with Crippen molar-refractivity contribution in [3.05, 3.63) is 35.4 Å². The Balaban J connectivity index is 1.44. The average molecular weight is 352 g/mol. The minimum Gasteiger partial charge on any atom is -0.356 e. The van der Waals surface area contributed by atoms with Crippen LogP contribution in [0.15, 0.2) is 18.5 Å². The van der Waals surface area contributed by atoms with Crippen LogP contribution in [-0.2, 0) is 5.41 Å². The third-order valence-corrected chi connectivity index (χ3v) is 5.84. The van der Waals surface area contributed by atoms with Crippen LogP contribution in [0.4, 0.5) is 11.6 Å². The van der Waals surface area contributed by atoms with Crippen LogP contribution in [0, 0.1) is 25.7 Å². The molecule has 2 aromatic rings. The molecule has 0 aromatic carbocycles. The standard InChI is InChI=1S/C20H28N6/c1-13-14(2)21-12-22-19(13)26-10-15-8-25(9-16(15)11-26)18-7-6-17(23-24-18)20(3,4)5/h6-7,12,15-16H,8-11H2,1-5H3. The van der Waals surface area contributed by atoms with Crippen molar-refractivity contribution in [3.63, 3.8) is 0 Å². The summed E-state index contributed by atoms with van der Waals surface area (Å²) in [5.74, 6) is 3.43. The van der Waals surface area contributed by atoms with Gasteiger partial charge in [0, 0.05) is 54.7 Å². The summed E-state index contributed by atoms with van der Waals surface area (Å²) >= 11 is 0. The van der Waals surface area contributed by atoms with Crippen molar-refractivity contribution in [1.29, 1.82) is 0 Å². The normalized spacial score (nSPS) is 22.8. The molecule has 4 rings (SSSR count). The van der Waals surface area contributed by atoms with E-state index >= 15 is 0 Å². The molecule has 0 bridgehead atoms. The van der Waals surface area contributed by atoms with Gasteiger partial charge in [0.05, 0.1) is 5.69 Å². The number of nitrogens with zero attached hydrogens (tertiary/aromatic N) is 6. The summed E-state index contributed by atoms with van der Waals surface area (Å²) in [6.07, 6.45) is 1.68. The molecular formula is C20H28N6. The molecule has 0 amide bonds. The predicted octanol–water partition coefficient (Wildman–Crippen LogP) is 2.75. The Bertz CT molecular complexity index is 781. The van der Waals surface area contributed by atoms with E-state index in [9.17, 15) is 0 Å². The molecule has 138 valence electrons. The minimum atomic E-state index is 0.0427. The molecule has 2 unspecified atom stereocenters. The van der Waals surface area contributed by atoms with E-state index in [1.165, 1.54) is 5.56 Å². The smallest absolute Gasteiger partial charge is 0.151 e. The van der Waals surface area contributed by atoms with Crippen molar-refractivity contribution in [3.8, 4) is 0 Å². The molecule has 6 nitrogen and oxygen atoms in total. The fourth-order valence-corrected chi connectivity index (χ4v) is 4.09. The zero-order valence-electron chi connectivity index (χ0n) is 16.4. The van der Waals surface area contributed by atoms with Gasteiger partial charge in [-0.1, -0.05) is 20.8 Å². The van der Waals surface area contributed by atoms with E-state index in [4.69, 9.17) is 0 Å². The molecule has 0 saturated carbocycles. The highest BCUT2D eigenvalue weighted by Crippen LogP contribution is 2.36. The molecular weight excluding hydrogens is 324 g/mol. The van der Waals surface area contributed by atoms with Gasteiger partial charge in [0.2, 0.25) is 0 Å². The van der Waals surface area contributed by atoms with E-state index in [0.29, 0.717) is 11.8 Å². The van der Waals surface area contributed by atoms with Crippen molar-refractivity contribution in [1.82, 2.24) is 20.2 Å². The number of anilines is 2. The summed E-state index contributed by atoms with van der Waals surface area (Å²) < 4.78 is 0. The van der Waals surface area contributed by atoms with Crippen LogP contribution in [0.1, 0.15) is 37.7 Å². The topological polar surface area (TPSA) is 58.0 Å². The lowest BCUT2D eigenvalue weighted by Crippen LogP contribution is -2.30. The molecule has 26 heavy (non-hydrogen) atoms. The summed E-state index contributed by atoms with van der Waals surface area (Å²) in [7, 11) is 0. The number of hydrogen-bond donors (Lipinski definition) is 0. The molecule has 4 heterocycles. The van der Waals surface area contributed by atoms with Gasteiger partial charge in [0.25, 0.3) is 0 Å². The van der Waals surface area contributed by atoms with Gasteiger partial charge in [-0.3, -0.25) is 0 Å². The highest BCUT2D eigenvalue weighted by molar-refractivity contribution is 5.50. The lowest BCUT2D eigenvalue weighted by atomic mass is 9.92. The van der Waals surface area contributed by atoms with Gasteiger partial charge in [-0.2, -0.15) is 5.10 Å². The maximum Gasteiger partial charge on any atom is 0.151 e. The highest BCUT2D eigenvalue weighted by atomic mass is 15.3. The lowest BCUT2D eigenvalue weighted by molar-refractivity contribution is 0.533. The molecule has 2 saturated heterocycles. The van der Waals surface area contributed by atoms with E-state index in [1.807, 2.05) is 0 Å². The molecule has 2 aromatic heterocycles. The Morgan fingerprint density at radius 2 is 1.54 bits per heavy atom. The van der Waals surface area contributed by atoms with Crippen LogP contribution < -0.4 is 9.80 Å². The second-order valence-corrected chi connectivity index (χ2v) is 8.76. The molecule has 2 fully saturated rings. The third-order valence-electron chi connectivity index (χ3n) is 5.84. The molecule has 0 spiro atoms. The molecule has 6 heteroatoms. The Morgan fingerprint density at radius 1 is 0.885 bits per heavy atom. The largest absolute Gasteiger partial charge is 0.356 e. The van der Waals surface area contributed by atoms with Gasteiger partial charge in [-0.25, -0.2) is 9.97 Å². The Hall–Kier alpha value is -2.24. The van der Waals surface area contributed by atoms with E-state index in [1.54, 1.807) is 6.33 Å². The maximum atomic E-state index is 4.54. The number of rotatable bonds is 2. The Kier molecular flexibility index (Phi) is 4.09. The van der Waals surface area contributed by atoms with Crippen LogP contribution in [0.25, 0.3) is 0 Å². The fourth-order valence-electron chi connectivity index (χ4n) is 4.09. The predicted molar refractivity (Wildman–Crippen MR) is 104 cm³/mol. The zero-order valence-corrected chi connectivity index (χ0v) is 16.4. The Morgan fingerprint density at radius 3 is 2.12 bits per heavy atom. The van der Waals surface area contributed by atoms with Gasteiger partial charge in [-0.05, 0) is 26.0 Å². The maximum absolute atomic E-state index is 4.54. The number of hydrogen-bond acceptors (Lipinski definition) is 6. The first kappa shape index (κ1) is 17.2. The van der Waals surface area contributed by atoms with Crippen molar-refractivity contribution < 1.29 is 0 Å². The second-order valence-electron chi connectivity index (χ2n) is 8.76. The van der Waals surface area contributed by atoms with E-state index in [2.05, 4.69) is 76.7 Å². The summed E-state index contributed by atoms with van der Waals surface area (Å²) in [6.45, 7) is 14.9. The van der Waals surface area contributed by atoms with E-state index < -0.39 is 0 Å². The van der Waals surface area contributed by atoms with Crippen LogP contribution in [0.3, 0.4) is 0 Å². The first-order chi connectivity index (χ1) is 12.3. The van der Waals surface area contributed by atoms with Crippen molar-refractivity contribution >= 4 is 11.6 Å². The lowest BCUT2D eigenvalue weighted by Gasteiger charge is -2.24. The fraction of sp³-hybridized carbons (Fsp3) is 0.600. The number of fused-ring (bicyclic) bond motifs is 1. The quantitative estimate of drug-likeness (QED) is 0.828. The summed E-state index contributed by atoms with van der Waals surface area (Å²) in [5, 5.41) is 8.95. The molecule has 2 aliphatic heterocycles. The first-order valence-electron chi connectivity index (χ1n) is 9.45. The van der Waals surface area contributed by atoms with Crippen molar-refractivity contribution in [2.75, 3.05) is 36.0 Å². The van der Waals surface area contributed by atoms with Crippen LogP contribution >= 0.6 is 0 Å². The zero-order chi connectivity index (χ0) is 18.5. The highest BCUT2D eigenvalue weighted by Gasteiger charge is 2.41. The van der Waals surface area contributed by atoms with Gasteiger partial charge in [0.15, 0.2) is 5.82 Å². The molecule has 2 atom stereocenters. The molecule has 2 aliphatic rings. The monoisotopic (exact) mass is 352 g/mol. The van der Waals surface area contributed by atoms with Crippen LogP contribution in [0.5, 0.6) is 0 Å². The number of aromatic nitrogens is 4. The van der Waals surface area contributed by atoms with Crippen molar-refractivity contribution in [2.24, 2.45) is 11.8 Å². The van der Waals surface area contributed by atoms with E-state index in [0.717, 1.165) is 49.2 Å². The van der Waals surface area contributed by atoms with Gasteiger partial charge < -0.3 is 9.80 Å². The first-order valence-corrected chi connectivity index (χ1v) is 9.45. The summed E-state index contributed by atoms with van der Waals surface area (Å²) in [6, 6.07) is 4.25. The van der Waals surface area contributed by atoms with Gasteiger partial charge >= 0.3 is 0 Å². The Labute approximate surface area is 155 Å². The minimum absolute atomic E-state index is 0.0427. The average Bonchev–Trinajstić information content (AvgIpc) is 3.15. The third kappa shape index (κ3) is 3.02. The molecule has 0 aliphatic carbocycles. The second kappa shape index (κ2) is 6.18. The van der Waals surface area contributed by atoms with Crippen molar-refractivity contribution in [2.45, 2.75) is 40.0 Å². The number of aryl methyl sites for hydroxylation is 1. The molecule has 0 N–H and O–H groups in total. The molecule has 0 radical (unpaired) electrons. The van der Waals surface area contributed by atoms with Crippen LogP contribution in [-0.4, -0.2) is 46.3 Å². The van der Waals surface area contributed by atoms with Gasteiger partial charge in [-0.15, -0.1) is 5.10 Å². The SMILES string of the molecule is Cc1ncnc(N2CC3CN(c4ccc(C(C)(C)C)nn4)CC3C2)c1C.